The molecule has 2 nitrogen and oxygen atoms in total. The summed E-state index contributed by atoms with van der Waals surface area (Å²) in [7, 11) is 0. The molecule has 1 aliphatic carbocycles. The summed E-state index contributed by atoms with van der Waals surface area (Å²) in [5.41, 5.74) is 7.22. The molecule has 1 saturated carbocycles. The number of carbonyl (C=O) groups excluding carboxylic acids is 1. The lowest BCUT2D eigenvalue weighted by Crippen LogP contribution is -2.26. The Balaban J connectivity index is 1.90. The van der Waals surface area contributed by atoms with Crippen LogP contribution in [0.4, 0.5) is 0 Å². The summed E-state index contributed by atoms with van der Waals surface area (Å²) >= 11 is 0. The molecule has 2 N–H and O–H groups in total. The van der Waals surface area contributed by atoms with E-state index in [1.165, 1.54) is 19.3 Å². The molecule has 1 aliphatic rings. The van der Waals surface area contributed by atoms with Gasteiger partial charge in [0.2, 0.25) is 0 Å². The van der Waals surface area contributed by atoms with Gasteiger partial charge in [-0.1, -0.05) is 56.5 Å². The van der Waals surface area contributed by atoms with Gasteiger partial charge in [0, 0.05) is 18.4 Å². The Bertz CT molecular complexity index is 401. The second kappa shape index (κ2) is 6.85. The Morgan fingerprint density at radius 3 is 2.74 bits per heavy atom. The van der Waals surface area contributed by atoms with Crippen LogP contribution in [0.2, 0.25) is 0 Å². The van der Waals surface area contributed by atoms with Gasteiger partial charge >= 0.3 is 0 Å². The normalized spacial score (nSPS) is 24.9. The molecular weight excluding hydrogens is 234 g/mol. The van der Waals surface area contributed by atoms with E-state index in [9.17, 15) is 4.79 Å². The van der Waals surface area contributed by atoms with Crippen molar-refractivity contribution in [2.75, 3.05) is 0 Å². The summed E-state index contributed by atoms with van der Waals surface area (Å²) in [5, 5.41) is 0. The first-order chi connectivity index (χ1) is 9.20. The van der Waals surface area contributed by atoms with Crippen molar-refractivity contribution in [1.29, 1.82) is 0 Å². The zero-order chi connectivity index (χ0) is 13.7. The van der Waals surface area contributed by atoms with E-state index in [0.29, 0.717) is 12.2 Å². The quantitative estimate of drug-likeness (QED) is 0.872. The predicted molar refractivity (Wildman–Crippen MR) is 78.7 cm³/mol. The van der Waals surface area contributed by atoms with Crippen molar-refractivity contribution in [2.24, 2.45) is 17.6 Å². The van der Waals surface area contributed by atoms with Crippen molar-refractivity contribution in [3.8, 4) is 0 Å². The van der Waals surface area contributed by atoms with Gasteiger partial charge in [0.1, 0.15) is 5.78 Å². The fraction of sp³-hybridized carbons (Fsp3) is 0.588. The maximum Gasteiger partial charge on any atom is 0.137 e. The summed E-state index contributed by atoms with van der Waals surface area (Å²) in [6.45, 7) is 2.23. The van der Waals surface area contributed by atoms with Crippen LogP contribution in [0.5, 0.6) is 0 Å². The highest BCUT2D eigenvalue weighted by Crippen LogP contribution is 2.33. The van der Waals surface area contributed by atoms with Gasteiger partial charge < -0.3 is 5.73 Å². The zero-order valence-corrected chi connectivity index (χ0v) is 11.8. The van der Waals surface area contributed by atoms with Crippen molar-refractivity contribution in [2.45, 2.75) is 51.5 Å². The Kier molecular flexibility index (Phi) is 5.15. The number of carbonyl (C=O) groups is 1. The van der Waals surface area contributed by atoms with Gasteiger partial charge in [-0.15, -0.1) is 0 Å². The lowest BCUT2D eigenvalue weighted by atomic mass is 9.77. The van der Waals surface area contributed by atoms with Crippen LogP contribution in [-0.4, -0.2) is 5.78 Å². The lowest BCUT2D eigenvalue weighted by Gasteiger charge is -2.28. The average molecular weight is 259 g/mol. The van der Waals surface area contributed by atoms with E-state index in [0.717, 1.165) is 24.3 Å². The van der Waals surface area contributed by atoms with E-state index in [4.69, 9.17) is 5.73 Å². The zero-order valence-electron chi connectivity index (χ0n) is 11.8. The van der Waals surface area contributed by atoms with Gasteiger partial charge in [0.05, 0.1) is 0 Å². The summed E-state index contributed by atoms with van der Waals surface area (Å²) in [4.78, 5) is 12.4. The van der Waals surface area contributed by atoms with Crippen molar-refractivity contribution in [1.82, 2.24) is 0 Å². The Morgan fingerprint density at radius 1 is 1.32 bits per heavy atom. The number of rotatable bonds is 5. The highest BCUT2D eigenvalue weighted by molar-refractivity contribution is 5.81. The number of hydrogen-bond donors (Lipinski definition) is 1. The molecular formula is C17H25NO. The Hall–Kier alpha value is -1.15. The van der Waals surface area contributed by atoms with E-state index in [2.05, 4.69) is 6.92 Å². The molecule has 0 amide bonds. The summed E-state index contributed by atoms with van der Waals surface area (Å²) in [6, 6.07) is 9.81. The molecule has 1 fully saturated rings. The Morgan fingerprint density at radius 2 is 2.05 bits per heavy atom. The van der Waals surface area contributed by atoms with Gasteiger partial charge in [-0.3, -0.25) is 4.79 Å². The van der Waals surface area contributed by atoms with Crippen LogP contribution in [0.3, 0.4) is 0 Å². The third-order valence-electron chi connectivity index (χ3n) is 4.46. The van der Waals surface area contributed by atoms with Gasteiger partial charge in [0.25, 0.3) is 0 Å². The molecule has 0 spiro atoms. The molecule has 0 heterocycles. The van der Waals surface area contributed by atoms with Crippen LogP contribution in [0, 0.1) is 11.8 Å². The predicted octanol–water partition coefficient (Wildman–Crippen LogP) is 3.86. The topological polar surface area (TPSA) is 43.1 Å². The van der Waals surface area contributed by atoms with E-state index < -0.39 is 0 Å². The maximum atomic E-state index is 12.4. The van der Waals surface area contributed by atoms with Crippen LogP contribution in [0.15, 0.2) is 30.3 Å². The molecule has 3 atom stereocenters. The van der Waals surface area contributed by atoms with Gasteiger partial charge in [-0.2, -0.15) is 0 Å². The van der Waals surface area contributed by atoms with Crippen LogP contribution in [0.1, 0.15) is 57.1 Å². The molecule has 0 aromatic heterocycles. The smallest absolute Gasteiger partial charge is 0.137 e. The number of benzene rings is 1. The minimum absolute atomic E-state index is 0.143. The van der Waals surface area contributed by atoms with E-state index >= 15 is 0 Å². The minimum atomic E-state index is -0.143. The molecule has 2 heteroatoms. The molecule has 0 aliphatic heterocycles. The first-order valence-corrected chi connectivity index (χ1v) is 7.54. The highest BCUT2D eigenvalue weighted by atomic mass is 16.1. The first kappa shape index (κ1) is 14.3. The molecule has 0 bridgehead atoms. The van der Waals surface area contributed by atoms with Gasteiger partial charge in [-0.05, 0) is 24.3 Å². The number of nitrogens with two attached hydrogens (primary N) is 1. The fourth-order valence-corrected chi connectivity index (χ4v) is 3.16. The van der Waals surface area contributed by atoms with Gasteiger partial charge in [0.15, 0.2) is 0 Å². The van der Waals surface area contributed by atoms with E-state index in [1.54, 1.807) is 0 Å². The van der Waals surface area contributed by atoms with Crippen molar-refractivity contribution >= 4 is 5.78 Å². The second-order valence-corrected chi connectivity index (χ2v) is 5.83. The minimum Gasteiger partial charge on any atom is -0.324 e. The number of ketones is 1. The molecule has 2 rings (SSSR count). The molecule has 3 unspecified atom stereocenters. The standard InChI is InChI=1S/C17H25NO/c1-2-13-7-6-10-15(11-13)17(19)12-16(18)14-8-4-3-5-9-14/h3-5,8-9,13,15-16H,2,6-7,10-12,18H2,1H3. The summed E-state index contributed by atoms with van der Waals surface area (Å²) < 4.78 is 0. The van der Waals surface area contributed by atoms with Crippen molar-refractivity contribution in [3.63, 3.8) is 0 Å². The average Bonchev–Trinajstić information content (AvgIpc) is 2.48. The number of Topliss-reactive ketones (excluding diaryl/α,β-unsaturated/α-hetero) is 1. The summed E-state index contributed by atoms with van der Waals surface area (Å²) in [6.07, 6.45) is 6.34. The largest absolute Gasteiger partial charge is 0.324 e. The highest BCUT2D eigenvalue weighted by Gasteiger charge is 2.27. The SMILES string of the molecule is CCC1CCCC(C(=O)CC(N)c2ccccc2)C1. The van der Waals surface area contributed by atoms with Crippen LogP contribution in [-0.2, 0) is 4.79 Å². The van der Waals surface area contributed by atoms with Crippen molar-refractivity contribution in [3.05, 3.63) is 35.9 Å². The molecule has 104 valence electrons. The molecule has 0 radical (unpaired) electrons. The Labute approximate surface area is 116 Å². The third kappa shape index (κ3) is 3.90. The maximum absolute atomic E-state index is 12.4. The third-order valence-corrected chi connectivity index (χ3v) is 4.46. The molecule has 1 aromatic rings. The second-order valence-electron chi connectivity index (χ2n) is 5.83. The molecule has 0 saturated heterocycles. The van der Waals surface area contributed by atoms with Crippen LogP contribution >= 0.6 is 0 Å². The van der Waals surface area contributed by atoms with Crippen LogP contribution in [0.25, 0.3) is 0 Å². The first-order valence-electron chi connectivity index (χ1n) is 7.54. The van der Waals surface area contributed by atoms with E-state index in [-0.39, 0.29) is 12.0 Å². The van der Waals surface area contributed by atoms with Gasteiger partial charge in [-0.25, -0.2) is 0 Å². The monoisotopic (exact) mass is 259 g/mol. The summed E-state index contributed by atoms with van der Waals surface area (Å²) in [5.74, 6) is 1.37. The molecule has 19 heavy (non-hydrogen) atoms. The molecule has 1 aromatic carbocycles. The van der Waals surface area contributed by atoms with E-state index in [1.807, 2.05) is 30.3 Å². The van der Waals surface area contributed by atoms with Crippen molar-refractivity contribution < 1.29 is 4.79 Å². The van der Waals surface area contributed by atoms with Crippen LogP contribution < -0.4 is 5.73 Å². The number of hydrogen-bond acceptors (Lipinski definition) is 2. The fourth-order valence-electron chi connectivity index (χ4n) is 3.16. The lowest BCUT2D eigenvalue weighted by molar-refractivity contribution is -0.124.